The van der Waals surface area contributed by atoms with Crippen molar-refractivity contribution in [2.45, 2.75) is 4.90 Å². The van der Waals surface area contributed by atoms with Gasteiger partial charge >= 0.3 is 0 Å². The van der Waals surface area contributed by atoms with Crippen LogP contribution in [0.1, 0.15) is 11.1 Å². The highest BCUT2D eigenvalue weighted by Gasteiger charge is 2.14. The van der Waals surface area contributed by atoms with Gasteiger partial charge in [0.15, 0.2) is 0 Å². The molecule has 5 rings (SSSR count). The lowest BCUT2D eigenvalue weighted by molar-refractivity contribution is 1.10. The van der Waals surface area contributed by atoms with E-state index in [9.17, 15) is 0 Å². The standard InChI is InChI=1S/C26H17NS3/c28-22-13-9-20(10-14-22)6-5-19-7-11-21(12-8-19)27-23(25-3-1-17-29-25)15-16-24(27)26-4-2-18-30-26/h1-4,7-18,28H. The van der Waals surface area contributed by atoms with Crippen molar-refractivity contribution < 1.29 is 0 Å². The van der Waals surface area contributed by atoms with Gasteiger partial charge in [0.25, 0.3) is 0 Å². The molecule has 2 aromatic carbocycles. The highest BCUT2D eigenvalue weighted by Crippen LogP contribution is 2.36. The molecule has 0 saturated carbocycles. The summed E-state index contributed by atoms with van der Waals surface area (Å²) in [6, 6.07) is 29.3. The van der Waals surface area contributed by atoms with E-state index in [4.69, 9.17) is 0 Å². The lowest BCUT2D eigenvalue weighted by atomic mass is 10.1. The SMILES string of the molecule is Sc1ccc(C#Cc2ccc(-n3c(-c4cccs4)ccc3-c3cccs3)cc2)cc1. The maximum atomic E-state index is 4.32. The zero-order chi connectivity index (χ0) is 20.3. The maximum absolute atomic E-state index is 4.32. The number of aromatic nitrogens is 1. The molecule has 0 N–H and O–H groups in total. The molecule has 0 bridgehead atoms. The second-order valence-electron chi connectivity index (χ2n) is 6.74. The Balaban J connectivity index is 1.53. The number of rotatable bonds is 3. The predicted molar refractivity (Wildman–Crippen MR) is 132 cm³/mol. The molecule has 0 aliphatic heterocycles. The summed E-state index contributed by atoms with van der Waals surface area (Å²) in [5.41, 5.74) is 5.54. The Labute approximate surface area is 189 Å². The van der Waals surface area contributed by atoms with Crippen molar-refractivity contribution in [3.8, 4) is 38.7 Å². The summed E-state index contributed by atoms with van der Waals surface area (Å²) in [7, 11) is 0. The zero-order valence-corrected chi connectivity index (χ0v) is 18.5. The van der Waals surface area contributed by atoms with E-state index in [-0.39, 0.29) is 0 Å². The molecule has 0 unspecified atom stereocenters. The molecule has 0 spiro atoms. The van der Waals surface area contributed by atoms with Crippen molar-refractivity contribution in [1.29, 1.82) is 0 Å². The molecule has 5 aromatic rings. The molecule has 4 heteroatoms. The minimum absolute atomic E-state index is 0.944. The smallest absolute Gasteiger partial charge is 0.0635 e. The first-order chi connectivity index (χ1) is 14.8. The Hall–Kier alpha value is -2.97. The van der Waals surface area contributed by atoms with Crippen LogP contribution in [-0.4, -0.2) is 4.57 Å². The molecule has 3 heterocycles. The van der Waals surface area contributed by atoms with E-state index in [1.54, 1.807) is 22.7 Å². The summed E-state index contributed by atoms with van der Waals surface area (Å²) in [5, 5.41) is 4.24. The molecule has 3 aromatic heterocycles. The van der Waals surface area contributed by atoms with E-state index < -0.39 is 0 Å². The lowest BCUT2D eigenvalue weighted by Crippen LogP contribution is -1.98. The zero-order valence-electron chi connectivity index (χ0n) is 15.9. The number of benzene rings is 2. The first-order valence-corrected chi connectivity index (χ1v) is 11.7. The van der Waals surface area contributed by atoms with Crippen molar-refractivity contribution in [2.75, 3.05) is 0 Å². The third-order valence-electron chi connectivity index (χ3n) is 4.77. The highest BCUT2D eigenvalue weighted by molar-refractivity contribution is 7.80. The number of thiol groups is 1. The molecular weight excluding hydrogens is 422 g/mol. The van der Waals surface area contributed by atoms with Gasteiger partial charge in [-0.1, -0.05) is 24.0 Å². The predicted octanol–water partition coefficient (Wildman–Crippen LogP) is 7.62. The van der Waals surface area contributed by atoms with Gasteiger partial charge in [-0.2, -0.15) is 0 Å². The first kappa shape index (κ1) is 19.0. The number of thiophene rings is 2. The molecule has 0 fully saturated rings. The van der Waals surface area contributed by atoms with Crippen molar-refractivity contribution >= 4 is 35.3 Å². The largest absolute Gasteiger partial charge is 0.308 e. The van der Waals surface area contributed by atoms with Gasteiger partial charge < -0.3 is 4.57 Å². The number of nitrogens with zero attached hydrogens (tertiary/aromatic N) is 1. The van der Waals surface area contributed by atoms with Gasteiger partial charge in [-0.15, -0.1) is 35.3 Å². The topological polar surface area (TPSA) is 4.93 Å². The maximum Gasteiger partial charge on any atom is 0.0635 e. The van der Waals surface area contributed by atoms with Gasteiger partial charge in [0, 0.05) is 21.7 Å². The average molecular weight is 440 g/mol. The van der Waals surface area contributed by atoms with Crippen molar-refractivity contribution in [3.63, 3.8) is 0 Å². The van der Waals surface area contributed by atoms with Crippen LogP contribution in [0.2, 0.25) is 0 Å². The number of hydrogen-bond acceptors (Lipinski definition) is 3. The summed E-state index contributed by atoms with van der Waals surface area (Å²) < 4.78 is 2.33. The molecule has 0 aliphatic rings. The molecule has 0 saturated heterocycles. The third-order valence-corrected chi connectivity index (χ3v) is 6.86. The normalized spacial score (nSPS) is 10.6. The Morgan fingerprint density at radius 3 is 1.57 bits per heavy atom. The summed E-state index contributed by atoms with van der Waals surface area (Å²) in [4.78, 5) is 3.46. The van der Waals surface area contributed by atoms with E-state index in [0.29, 0.717) is 0 Å². The molecule has 0 aliphatic carbocycles. The molecule has 0 radical (unpaired) electrons. The minimum Gasteiger partial charge on any atom is -0.308 e. The highest BCUT2D eigenvalue weighted by atomic mass is 32.1. The molecule has 0 amide bonds. The van der Waals surface area contributed by atoms with Crippen molar-refractivity contribution in [3.05, 3.63) is 107 Å². The van der Waals surface area contributed by atoms with Crippen LogP contribution >= 0.6 is 35.3 Å². The monoisotopic (exact) mass is 439 g/mol. The Morgan fingerprint density at radius 2 is 1.10 bits per heavy atom. The van der Waals surface area contributed by atoms with Crippen LogP contribution < -0.4 is 0 Å². The second-order valence-corrected chi connectivity index (χ2v) is 9.15. The number of hydrogen-bond donors (Lipinski definition) is 1. The minimum atomic E-state index is 0.944. The Kier molecular flexibility index (Phi) is 5.33. The molecule has 144 valence electrons. The van der Waals surface area contributed by atoms with Crippen LogP contribution in [0.3, 0.4) is 0 Å². The van der Waals surface area contributed by atoms with Crippen molar-refractivity contribution in [2.24, 2.45) is 0 Å². The van der Waals surface area contributed by atoms with Gasteiger partial charge in [-0.3, -0.25) is 0 Å². The van der Waals surface area contributed by atoms with E-state index in [0.717, 1.165) is 21.7 Å². The quantitative estimate of drug-likeness (QED) is 0.218. The summed E-state index contributed by atoms with van der Waals surface area (Å²) in [6.45, 7) is 0. The summed E-state index contributed by atoms with van der Waals surface area (Å²) >= 11 is 7.84. The average Bonchev–Trinajstić information content (AvgIpc) is 3.54. The van der Waals surface area contributed by atoms with Crippen LogP contribution in [0.4, 0.5) is 0 Å². The van der Waals surface area contributed by atoms with Gasteiger partial charge in [-0.05, 0) is 83.6 Å². The van der Waals surface area contributed by atoms with Crippen LogP contribution in [0.25, 0.3) is 26.8 Å². The van der Waals surface area contributed by atoms with E-state index >= 15 is 0 Å². The molecule has 30 heavy (non-hydrogen) atoms. The molecule has 0 atom stereocenters. The van der Waals surface area contributed by atoms with Crippen molar-refractivity contribution in [1.82, 2.24) is 4.57 Å². The fourth-order valence-corrected chi connectivity index (χ4v) is 4.96. The fourth-order valence-electron chi connectivity index (χ4n) is 3.33. The first-order valence-electron chi connectivity index (χ1n) is 9.49. The third kappa shape index (κ3) is 3.88. The Morgan fingerprint density at radius 1 is 0.600 bits per heavy atom. The van der Waals surface area contributed by atoms with E-state index in [2.05, 4.69) is 100 Å². The Bertz CT molecular complexity index is 1260. The fraction of sp³-hybridized carbons (Fsp3) is 0. The van der Waals surface area contributed by atoms with E-state index in [1.165, 1.54) is 21.1 Å². The van der Waals surface area contributed by atoms with Crippen LogP contribution in [-0.2, 0) is 0 Å². The summed E-state index contributed by atoms with van der Waals surface area (Å²) in [5.74, 6) is 6.48. The van der Waals surface area contributed by atoms with Crippen LogP contribution in [0.5, 0.6) is 0 Å². The molecular formula is C26H17NS3. The lowest BCUT2D eigenvalue weighted by Gasteiger charge is -2.12. The second kappa shape index (κ2) is 8.41. The molecule has 1 nitrogen and oxygen atoms in total. The van der Waals surface area contributed by atoms with Crippen LogP contribution in [0, 0.1) is 11.8 Å². The van der Waals surface area contributed by atoms with Gasteiger partial charge in [0.2, 0.25) is 0 Å². The van der Waals surface area contributed by atoms with Gasteiger partial charge in [0.1, 0.15) is 0 Å². The van der Waals surface area contributed by atoms with Gasteiger partial charge in [0.05, 0.1) is 21.1 Å². The van der Waals surface area contributed by atoms with Crippen LogP contribution in [0.15, 0.2) is 101 Å². The van der Waals surface area contributed by atoms with Gasteiger partial charge in [-0.25, -0.2) is 0 Å². The summed E-state index contributed by atoms with van der Waals surface area (Å²) in [6.07, 6.45) is 0. The van der Waals surface area contributed by atoms with E-state index in [1.807, 2.05) is 24.3 Å².